The number of aliphatic imine (C=N–C) groups is 1. The van der Waals surface area contributed by atoms with Crippen LogP contribution in [0, 0.1) is 0 Å². The van der Waals surface area contributed by atoms with E-state index in [4.69, 9.17) is 9.41 Å². The van der Waals surface area contributed by atoms with E-state index in [1.54, 1.807) is 0 Å². The van der Waals surface area contributed by atoms with Gasteiger partial charge in [0.05, 0.1) is 21.4 Å². The molecule has 6 heteroatoms. The second kappa shape index (κ2) is 13.2. The first kappa shape index (κ1) is 33.4. The van der Waals surface area contributed by atoms with Gasteiger partial charge in [-0.15, -0.1) is 11.3 Å². The lowest BCUT2D eigenvalue weighted by molar-refractivity contribution is 0.173. The number of aromatic nitrogens is 1. The summed E-state index contributed by atoms with van der Waals surface area (Å²) in [6.07, 6.45) is 8.58. The number of allylic oxidation sites excluding steroid dienone is 3. The van der Waals surface area contributed by atoms with E-state index in [2.05, 4.69) is 192 Å². The Kier molecular flexibility index (Phi) is 7.59. The van der Waals surface area contributed by atoms with Crippen molar-refractivity contribution in [2.75, 3.05) is 7.05 Å². The van der Waals surface area contributed by atoms with Gasteiger partial charge in [-0.3, -0.25) is 4.90 Å². The van der Waals surface area contributed by atoms with Crippen molar-refractivity contribution in [2.24, 2.45) is 4.99 Å². The van der Waals surface area contributed by atoms with Crippen LogP contribution in [-0.4, -0.2) is 28.5 Å². The standard InChI is InChI=1S/C52H38N4OS/c1-55-51(33-17-6-3-7-18-33)53-50(32-15-4-2-5-16-32)54-52(55)34-29-30-37-39-22-12-23-40(48(39)57-45(37)31-34)38-21-14-28-46-47(38)41-24-13-27-44(49(41)58-46)56-42-25-10-8-19-35(42)36-20-9-11-26-43(36)56/h2-6,8-17,19-31,51-52H,7,18H2,1H3,(H,53,54). The third-order valence-corrected chi connectivity index (χ3v) is 13.4. The molecule has 3 aromatic heterocycles. The SMILES string of the molecule is CN1C(C2=CC=CCC2)NC(c2ccccc2)=NC1c1ccc2c(c1)oc1c(-c3cccc4sc5c(-n6c7ccccc7c7ccccc76)cccc5c34)cccc12. The van der Waals surface area contributed by atoms with E-state index in [9.17, 15) is 0 Å². The predicted molar refractivity (Wildman–Crippen MR) is 243 cm³/mol. The van der Waals surface area contributed by atoms with Gasteiger partial charge in [0.25, 0.3) is 0 Å². The Hall–Kier alpha value is -6.73. The molecule has 7 aromatic carbocycles. The third kappa shape index (κ3) is 5.08. The van der Waals surface area contributed by atoms with Crippen molar-refractivity contribution < 1.29 is 4.42 Å². The Bertz CT molecular complexity index is 3310. The van der Waals surface area contributed by atoms with Crippen molar-refractivity contribution in [2.45, 2.75) is 25.2 Å². The van der Waals surface area contributed by atoms with E-state index in [1.807, 2.05) is 11.3 Å². The molecule has 0 saturated heterocycles. The van der Waals surface area contributed by atoms with Crippen LogP contribution in [0.4, 0.5) is 0 Å². The molecule has 58 heavy (non-hydrogen) atoms. The van der Waals surface area contributed by atoms with E-state index in [0.717, 1.165) is 57.3 Å². The largest absolute Gasteiger partial charge is 0.455 e. The monoisotopic (exact) mass is 766 g/mol. The molecule has 0 saturated carbocycles. The zero-order valence-electron chi connectivity index (χ0n) is 31.9. The zero-order chi connectivity index (χ0) is 38.3. The number of rotatable bonds is 5. The Morgan fingerprint density at radius 1 is 0.690 bits per heavy atom. The summed E-state index contributed by atoms with van der Waals surface area (Å²) in [6.45, 7) is 0. The van der Waals surface area contributed by atoms with Gasteiger partial charge in [0.2, 0.25) is 0 Å². The number of thiophene rings is 1. The van der Waals surface area contributed by atoms with Crippen LogP contribution in [0.2, 0.25) is 0 Å². The van der Waals surface area contributed by atoms with Crippen molar-refractivity contribution in [3.05, 3.63) is 187 Å². The summed E-state index contributed by atoms with van der Waals surface area (Å²) in [5.41, 5.74) is 11.3. The molecule has 4 heterocycles. The van der Waals surface area contributed by atoms with E-state index >= 15 is 0 Å². The number of benzene rings is 7. The molecule has 1 N–H and O–H groups in total. The van der Waals surface area contributed by atoms with Crippen LogP contribution >= 0.6 is 11.3 Å². The molecule has 2 aliphatic rings. The van der Waals surface area contributed by atoms with E-state index in [0.29, 0.717) is 0 Å². The first-order valence-electron chi connectivity index (χ1n) is 20.1. The molecule has 10 aromatic rings. The highest BCUT2D eigenvalue weighted by atomic mass is 32.1. The molecule has 0 bridgehead atoms. The van der Waals surface area contributed by atoms with Gasteiger partial charge in [-0.2, -0.15) is 0 Å². The molecular formula is C52H38N4OS. The fraction of sp³-hybridized carbons (Fsp3) is 0.0962. The van der Waals surface area contributed by atoms with Gasteiger partial charge in [-0.25, -0.2) is 4.99 Å². The number of para-hydroxylation sites is 3. The molecule has 0 spiro atoms. The van der Waals surface area contributed by atoms with Crippen LogP contribution in [0.1, 0.15) is 30.1 Å². The fourth-order valence-corrected chi connectivity index (χ4v) is 10.7. The number of nitrogens with zero attached hydrogens (tertiary/aromatic N) is 3. The Balaban J connectivity index is 1.01. The second-order valence-electron chi connectivity index (χ2n) is 15.5. The first-order valence-corrected chi connectivity index (χ1v) is 20.9. The molecule has 1 aliphatic carbocycles. The summed E-state index contributed by atoms with van der Waals surface area (Å²) in [6, 6.07) is 54.7. The van der Waals surface area contributed by atoms with Crippen molar-refractivity contribution >= 4 is 81.1 Å². The summed E-state index contributed by atoms with van der Waals surface area (Å²) in [5.74, 6) is 0.911. The quantitative estimate of drug-likeness (QED) is 0.190. The maximum Gasteiger partial charge on any atom is 0.143 e. The zero-order valence-corrected chi connectivity index (χ0v) is 32.7. The van der Waals surface area contributed by atoms with Crippen molar-refractivity contribution in [3.63, 3.8) is 0 Å². The number of furan rings is 1. The Labute approximate surface area is 339 Å². The van der Waals surface area contributed by atoms with Gasteiger partial charge in [-0.05, 0) is 66.9 Å². The number of fused-ring (bicyclic) bond motifs is 9. The minimum absolute atomic E-state index is 0.0250. The highest BCUT2D eigenvalue weighted by Gasteiger charge is 2.33. The summed E-state index contributed by atoms with van der Waals surface area (Å²) < 4.78 is 11.9. The molecule has 1 aliphatic heterocycles. The lowest BCUT2D eigenvalue weighted by Gasteiger charge is -2.40. The lowest BCUT2D eigenvalue weighted by Crippen LogP contribution is -2.53. The second-order valence-corrected chi connectivity index (χ2v) is 16.5. The smallest absolute Gasteiger partial charge is 0.143 e. The molecule has 12 rings (SSSR count). The van der Waals surface area contributed by atoms with E-state index in [-0.39, 0.29) is 12.3 Å². The number of hydrogen-bond acceptors (Lipinski definition) is 5. The summed E-state index contributed by atoms with van der Waals surface area (Å²) in [4.78, 5) is 7.68. The molecule has 2 atom stereocenters. The van der Waals surface area contributed by atoms with Crippen molar-refractivity contribution in [1.82, 2.24) is 14.8 Å². The summed E-state index contributed by atoms with van der Waals surface area (Å²) >= 11 is 1.87. The van der Waals surface area contributed by atoms with Gasteiger partial charge in [0.15, 0.2) is 0 Å². The molecule has 0 fully saturated rings. The average molecular weight is 767 g/mol. The van der Waals surface area contributed by atoms with Gasteiger partial charge < -0.3 is 14.3 Å². The van der Waals surface area contributed by atoms with Crippen LogP contribution in [0.15, 0.2) is 185 Å². The van der Waals surface area contributed by atoms with Crippen molar-refractivity contribution in [3.8, 4) is 16.8 Å². The fourth-order valence-electron chi connectivity index (χ4n) is 9.49. The molecule has 0 amide bonds. The molecule has 0 radical (unpaired) electrons. The van der Waals surface area contributed by atoms with E-state index in [1.165, 1.54) is 58.8 Å². The number of hydrogen-bond donors (Lipinski definition) is 1. The number of nitrogens with one attached hydrogen (secondary N) is 1. The minimum atomic E-state index is -0.194. The molecule has 278 valence electrons. The van der Waals surface area contributed by atoms with Gasteiger partial charge in [0, 0.05) is 48.1 Å². The molecule has 2 unspecified atom stereocenters. The first-order chi connectivity index (χ1) is 28.7. The van der Waals surface area contributed by atoms with Crippen molar-refractivity contribution in [1.29, 1.82) is 0 Å². The van der Waals surface area contributed by atoms with Crippen LogP contribution in [0.5, 0.6) is 0 Å². The maximum atomic E-state index is 6.97. The molecular weight excluding hydrogens is 729 g/mol. The number of amidine groups is 1. The Morgan fingerprint density at radius 2 is 1.41 bits per heavy atom. The Morgan fingerprint density at radius 3 is 2.22 bits per heavy atom. The molecule has 5 nitrogen and oxygen atoms in total. The normalized spacial score (nSPS) is 17.5. The van der Waals surface area contributed by atoms with Gasteiger partial charge in [0.1, 0.15) is 29.3 Å². The van der Waals surface area contributed by atoms with Gasteiger partial charge in [-0.1, -0.05) is 140 Å². The minimum Gasteiger partial charge on any atom is -0.455 e. The number of likely N-dealkylation sites (N-methyl/N-ethyl adjacent to an activating group) is 1. The topological polar surface area (TPSA) is 45.7 Å². The van der Waals surface area contributed by atoms with Gasteiger partial charge >= 0.3 is 0 Å². The van der Waals surface area contributed by atoms with Crippen LogP contribution in [-0.2, 0) is 0 Å². The van der Waals surface area contributed by atoms with E-state index < -0.39 is 0 Å². The third-order valence-electron chi connectivity index (χ3n) is 12.2. The van der Waals surface area contributed by atoms with Crippen LogP contribution in [0.25, 0.3) is 80.7 Å². The summed E-state index contributed by atoms with van der Waals surface area (Å²) in [7, 11) is 2.17. The predicted octanol–water partition coefficient (Wildman–Crippen LogP) is 13.3. The summed E-state index contributed by atoms with van der Waals surface area (Å²) in [5, 5.41) is 11.1. The van der Waals surface area contributed by atoms with Crippen LogP contribution in [0.3, 0.4) is 0 Å². The lowest BCUT2D eigenvalue weighted by atomic mass is 9.97. The average Bonchev–Trinajstić information content (AvgIpc) is 3.97. The maximum absolute atomic E-state index is 6.97. The van der Waals surface area contributed by atoms with Crippen LogP contribution < -0.4 is 5.32 Å². The highest BCUT2D eigenvalue weighted by molar-refractivity contribution is 7.26. The highest BCUT2D eigenvalue weighted by Crippen LogP contribution is 2.46.